The lowest BCUT2D eigenvalue weighted by atomic mass is 9.99. The van der Waals surface area contributed by atoms with Crippen LogP contribution in [0.1, 0.15) is 5.56 Å². The average molecular weight is 337 g/mol. The molecule has 1 aromatic heterocycles. The van der Waals surface area contributed by atoms with E-state index in [9.17, 15) is 5.11 Å². The van der Waals surface area contributed by atoms with E-state index in [1.807, 2.05) is 0 Å². The number of allylic oxidation sites excluding steroid dienone is 2. The number of methoxy groups -OCH3 is 2. The average Bonchev–Trinajstić information content (AvgIpc) is 2.48. The zero-order chi connectivity index (χ0) is 14.7. The Bertz CT molecular complexity index is 633. The molecule has 6 nitrogen and oxygen atoms in total. The molecular weight excluding hydrogens is 326 g/mol. The Balaban J connectivity index is 2.45. The van der Waals surface area contributed by atoms with Gasteiger partial charge in [0.25, 0.3) is 0 Å². The third-order valence-corrected chi connectivity index (χ3v) is 3.02. The number of nitrogens with one attached hydrogen (secondary N) is 1. The van der Waals surface area contributed by atoms with Gasteiger partial charge in [0.15, 0.2) is 0 Å². The van der Waals surface area contributed by atoms with E-state index in [4.69, 9.17) is 10.1 Å². The number of hydrogen-bond donors (Lipinski definition) is 1. The Labute approximate surface area is 124 Å². The van der Waals surface area contributed by atoms with Crippen molar-refractivity contribution in [1.82, 2.24) is 4.98 Å². The molecule has 0 saturated carbocycles. The lowest BCUT2D eigenvalue weighted by Crippen LogP contribution is -2.24. The van der Waals surface area contributed by atoms with Gasteiger partial charge >= 0.3 is 0 Å². The van der Waals surface area contributed by atoms with Crippen LogP contribution in [0.5, 0.6) is 5.88 Å². The Morgan fingerprint density at radius 1 is 1.35 bits per heavy atom. The minimum Gasteiger partial charge on any atom is -0.616 e. The number of rotatable bonds is 3. The summed E-state index contributed by atoms with van der Waals surface area (Å²) in [7, 11) is 2.79. The van der Waals surface area contributed by atoms with Gasteiger partial charge in [0.05, 0.1) is 24.5 Å². The molecule has 0 saturated heterocycles. The largest absolute Gasteiger partial charge is 0.616 e. The van der Waals surface area contributed by atoms with E-state index >= 15 is 0 Å². The number of aromatic nitrogens is 1. The molecule has 0 unspecified atom stereocenters. The van der Waals surface area contributed by atoms with Crippen molar-refractivity contribution in [2.75, 3.05) is 14.2 Å². The number of nitrogens with zero attached hydrogens (tertiary/aromatic N) is 2. The van der Waals surface area contributed by atoms with E-state index in [2.05, 4.69) is 30.6 Å². The molecule has 0 amide bonds. The first kappa shape index (κ1) is 14.3. The normalized spacial score (nSPS) is 17.2. The third-order valence-electron chi connectivity index (χ3n) is 2.61. The molecule has 104 valence electrons. The van der Waals surface area contributed by atoms with Crippen molar-refractivity contribution in [3.63, 3.8) is 0 Å². The number of aliphatic imine (C=N–C) groups is 1. The van der Waals surface area contributed by atoms with Gasteiger partial charge in [-0.1, -0.05) is 0 Å². The molecular formula is C13H11BrN3O3-. The second-order valence-electron chi connectivity index (χ2n) is 3.80. The molecule has 0 spiro atoms. The maximum absolute atomic E-state index is 11.6. The highest BCUT2D eigenvalue weighted by molar-refractivity contribution is 9.11. The molecule has 2 heterocycles. The standard InChI is InChI=1S/C13H12BrN3O3/c1-19-10-4-3-7(6-16-10)12-11(15)8(13(18)20-2)5-9(14)17-12/h3-6,15,18H,1-2H3/p-1. The fourth-order valence-electron chi connectivity index (χ4n) is 1.63. The van der Waals surface area contributed by atoms with Gasteiger partial charge in [-0.25, -0.2) is 9.98 Å². The maximum atomic E-state index is 11.6. The van der Waals surface area contributed by atoms with Crippen LogP contribution < -0.4 is 9.84 Å². The molecule has 1 aliphatic heterocycles. The zero-order valence-electron chi connectivity index (χ0n) is 10.8. The minimum absolute atomic E-state index is 0.00739. The van der Waals surface area contributed by atoms with Crippen molar-refractivity contribution in [2.24, 2.45) is 4.99 Å². The van der Waals surface area contributed by atoms with Crippen LogP contribution in [0.2, 0.25) is 0 Å². The summed E-state index contributed by atoms with van der Waals surface area (Å²) < 4.78 is 10.1. The van der Waals surface area contributed by atoms with Crippen molar-refractivity contribution in [2.45, 2.75) is 0 Å². The number of pyridine rings is 1. The molecule has 20 heavy (non-hydrogen) atoms. The molecule has 0 atom stereocenters. The van der Waals surface area contributed by atoms with Crippen LogP contribution in [-0.4, -0.2) is 30.6 Å². The molecule has 0 aromatic carbocycles. The second-order valence-corrected chi connectivity index (χ2v) is 4.61. The molecule has 0 radical (unpaired) electrons. The van der Waals surface area contributed by atoms with E-state index in [0.29, 0.717) is 21.8 Å². The van der Waals surface area contributed by atoms with Crippen LogP contribution in [0.25, 0.3) is 0 Å². The molecule has 0 aliphatic carbocycles. The van der Waals surface area contributed by atoms with Crippen molar-refractivity contribution >= 4 is 27.4 Å². The van der Waals surface area contributed by atoms with Gasteiger partial charge in [-0.2, -0.15) is 0 Å². The Kier molecular flexibility index (Phi) is 4.19. The van der Waals surface area contributed by atoms with Gasteiger partial charge in [0, 0.05) is 23.4 Å². The summed E-state index contributed by atoms with van der Waals surface area (Å²) >= 11 is 3.22. The summed E-state index contributed by atoms with van der Waals surface area (Å²) in [6, 6.07) is 3.38. The van der Waals surface area contributed by atoms with Crippen LogP contribution in [-0.2, 0) is 4.74 Å². The Morgan fingerprint density at radius 3 is 2.65 bits per heavy atom. The van der Waals surface area contributed by atoms with E-state index < -0.39 is 5.95 Å². The smallest absolute Gasteiger partial charge is 0.212 e. The van der Waals surface area contributed by atoms with Crippen molar-refractivity contribution in [1.29, 1.82) is 5.41 Å². The van der Waals surface area contributed by atoms with Crippen LogP contribution in [0.15, 0.2) is 45.5 Å². The maximum Gasteiger partial charge on any atom is 0.212 e. The molecule has 1 aliphatic rings. The Morgan fingerprint density at radius 2 is 2.10 bits per heavy atom. The molecule has 1 N–H and O–H groups in total. The predicted molar refractivity (Wildman–Crippen MR) is 76.1 cm³/mol. The topological polar surface area (TPSA) is 90.6 Å². The van der Waals surface area contributed by atoms with Crippen LogP contribution >= 0.6 is 15.9 Å². The molecule has 7 heteroatoms. The Hall–Kier alpha value is -2.15. The highest BCUT2D eigenvalue weighted by Crippen LogP contribution is 2.23. The first-order valence-electron chi connectivity index (χ1n) is 5.57. The summed E-state index contributed by atoms with van der Waals surface area (Å²) in [6.45, 7) is 0. The molecule has 1 aromatic rings. The fourth-order valence-corrected chi connectivity index (χ4v) is 2.04. The van der Waals surface area contributed by atoms with Crippen LogP contribution in [0.4, 0.5) is 0 Å². The first-order chi connectivity index (χ1) is 9.56. The van der Waals surface area contributed by atoms with Gasteiger partial charge in [-0.3, -0.25) is 5.41 Å². The fraction of sp³-hybridized carbons (Fsp3) is 0.154. The first-order valence-corrected chi connectivity index (χ1v) is 6.37. The summed E-state index contributed by atoms with van der Waals surface area (Å²) in [5, 5.41) is 19.7. The molecule has 2 rings (SSSR count). The van der Waals surface area contributed by atoms with Gasteiger partial charge < -0.3 is 14.6 Å². The number of hydrogen-bond acceptors (Lipinski definition) is 6. The SMILES string of the molecule is COC([O-])=C1C=C(Br)N=C(c2ccc(OC)nc2)C1=N. The van der Waals surface area contributed by atoms with E-state index in [1.165, 1.54) is 26.5 Å². The van der Waals surface area contributed by atoms with E-state index in [-0.39, 0.29) is 11.3 Å². The summed E-state index contributed by atoms with van der Waals surface area (Å²) in [5.74, 6) is -0.121. The highest BCUT2D eigenvalue weighted by atomic mass is 79.9. The van der Waals surface area contributed by atoms with Gasteiger partial charge in [-0.05, 0) is 35.2 Å². The highest BCUT2D eigenvalue weighted by Gasteiger charge is 2.20. The summed E-state index contributed by atoms with van der Waals surface area (Å²) in [6.07, 6.45) is 2.99. The summed E-state index contributed by atoms with van der Waals surface area (Å²) in [5.41, 5.74) is 1.09. The second kappa shape index (κ2) is 5.87. The quantitative estimate of drug-likeness (QED) is 0.666. The number of ether oxygens (including phenoxy) is 2. The molecule has 0 bridgehead atoms. The lowest BCUT2D eigenvalue weighted by molar-refractivity contribution is -0.354. The predicted octanol–water partition coefficient (Wildman–Crippen LogP) is 1.37. The van der Waals surface area contributed by atoms with Crippen LogP contribution in [0.3, 0.4) is 0 Å². The monoisotopic (exact) mass is 336 g/mol. The van der Waals surface area contributed by atoms with Gasteiger partial charge in [-0.15, -0.1) is 0 Å². The van der Waals surface area contributed by atoms with Gasteiger partial charge in [0.1, 0.15) is 4.61 Å². The van der Waals surface area contributed by atoms with Crippen molar-refractivity contribution in [3.05, 3.63) is 46.1 Å². The van der Waals surface area contributed by atoms with Crippen molar-refractivity contribution in [3.8, 4) is 5.88 Å². The van der Waals surface area contributed by atoms with E-state index in [0.717, 1.165) is 0 Å². The molecule has 0 fully saturated rings. The summed E-state index contributed by atoms with van der Waals surface area (Å²) in [4.78, 5) is 8.28. The zero-order valence-corrected chi connectivity index (χ0v) is 12.4. The third kappa shape index (κ3) is 2.72. The minimum atomic E-state index is -0.583. The van der Waals surface area contributed by atoms with Crippen molar-refractivity contribution < 1.29 is 14.6 Å². The lowest BCUT2D eigenvalue weighted by Gasteiger charge is -2.19. The number of halogens is 1. The van der Waals surface area contributed by atoms with Crippen LogP contribution in [0, 0.1) is 5.41 Å². The van der Waals surface area contributed by atoms with Gasteiger partial charge in [0.2, 0.25) is 5.88 Å². The van der Waals surface area contributed by atoms with E-state index in [1.54, 1.807) is 12.1 Å².